The summed E-state index contributed by atoms with van der Waals surface area (Å²) in [4.78, 5) is -0.667. The minimum absolute atomic E-state index is 0.569. The van der Waals surface area contributed by atoms with Crippen LogP contribution in [-0.4, -0.2) is 21.3 Å². The van der Waals surface area contributed by atoms with E-state index in [1.165, 1.54) is 0 Å². The Kier molecular flexibility index (Phi) is 4.36. The van der Waals surface area contributed by atoms with Crippen LogP contribution in [0.5, 0.6) is 17.2 Å². The lowest BCUT2D eigenvalue weighted by molar-refractivity contribution is 0.348. The fourth-order valence-corrected chi connectivity index (χ4v) is 1.56. The average Bonchev–Trinajstić information content (AvgIpc) is 2.26. The summed E-state index contributed by atoms with van der Waals surface area (Å²) in [5.41, 5.74) is 0.651. The highest BCUT2D eigenvalue weighted by molar-refractivity contribution is 6.44. The molecule has 0 spiro atoms. The number of ether oxygens (including phenoxy) is 3. The Morgan fingerprint density at radius 1 is 0.867 bits per heavy atom. The second-order valence-corrected chi connectivity index (χ2v) is 3.85. The molecule has 0 aromatic heterocycles. The van der Waals surface area contributed by atoms with Gasteiger partial charge in [-0.1, -0.05) is 23.2 Å². The van der Waals surface area contributed by atoms with Gasteiger partial charge in [-0.3, -0.25) is 0 Å². The van der Waals surface area contributed by atoms with Crippen molar-refractivity contribution in [1.82, 2.24) is 0 Å². The molecule has 1 aromatic carbocycles. The summed E-state index contributed by atoms with van der Waals surface area (Å²) in [6, 6.07) is 3.38. The van der Waals surface area contributed by atoms with Gasteiger partial charge in [0.25, 0.3) is 0 Å². The van der Waals surface area contributed by atoms with E-state index in [-0.39, 0.29) is 0 Å². The molecule has 0 aliphatic rings. The van der Waals surface area contributed by atoms with Crippen molar-refractivity contribution in [3.8, 4) is 17.2 Å². The maximum absolute atomic E-state index is 5.80. The monoisotopic (exact) mass is 250 g/mol. The number of halogens is 2. The van der Waals surface area contributed by atoms with Crippen molar-refractivity contribution >= 4 is 23.2 Å². The van der Waals surface area contributed by atoms with Crippen molar-refractivity contribution in [3.05, 3.63) is 17.7 Å². The van der Waals surface area contributed by atoms with E-state index in [4.69, 9.17) is 37.4 Å². The van der Waals surface area contributed by atoms with Gasteiger partial charge >= 0.3 is 0 Å². The predicted molar refractivity (Wildman–Crippen MR) is 60.5 cm³/mol. The van der Waals surface area contributed by atoms with Crippen LogP contribution in [0.1, 0.15) is 10.4 Å². The normalized spacial score (nSPS) is 10.3. The van der Waals surface area contributed by atoms with Crippen LogP contribution in [0.4, 0.5) is 0 Å². The number of alkyl halides is 2. The van der Waals surface area contributed by atoms with Gasteiger partial charge in [-0.15, -0.1) is 0 Å². The first kappa shape index (κ1) is 12.3. The number of methoxy groups -OCH3 is 3. The Labute approximate surface area is 98.8 Å². The number of rotatable bonds is 4. The molecule has 0 amide bonds. The largest absolute Gasteiger partial charge is 0.496 e. The summed E-state index contributed by atoms with van der Waals surface area (Å²) in [6.07, 6.45) is 0. The first-order valence-corrected chi connectivity index (χ1v) is 5.09. The van der Waals surface area contributed by atoms with E-state index in [1.807, 2.05) is 0 Å². The summed E-state index contributed by atoms with van der Waals surface area (Å²) in [5.74, 6) is 1.72. The van der Waals surface area contributed by atoms with Crippen LogP contribution in [0.15, 0.2) is 12.1 Å². The molecule has 0 saturated carbocycles. The zero-order chi connectivity index (χ0) is 11.4. The third kappa shape index (κ3) is 2.61. The maximum Gasteiger partial charge on any atom is 0.164 e. The first-order valence-electron chi connectivity index (χ1n) is 4.22. The molecule has 5 heteroatoms. The molecule has 15 heavy (non-hydrogen) atoms. The van der Waals surface area contributed by atoms with E-state index < -0.39 is 4.84 Å². The smallest absolute Gasteiger partial charge is 0.164 e. The SMILES string of the molecule is COc1cc(OC)c(C(Cl)Cl)cc1OC. The Hall–Kier alpha value is -0.800. The van der Waals surface area contributed by atoms with Crippen LogP contribution in [0.2, 0.25) is 0 Å². The Morgan fingerprint density at radius 2 is 1.33 bits per heavy atom. The van der Waals surface area contributed by atoms with Crippen molar-refractivity contribution in [2.24, 2.45) is 0 Å². The standard InChI is InChI=1S/C10H12Cl2O3/c1-13-7-5-9(15-3)8(14-2)4-6(7)10(11)12/h4-5,10H,1-3H3. The molecule has 0 aliphatic carbocycles. The highest BCUT2D eigenvalue weighted by atomic mass is 35.5. The van der Waals surface area contributed by atoms with Gasteiger partial charge in [0, 0.05) is 11.6 Å². The van der Waals surface area contributed by atoms with Gasteiger partial charge < -0.3 is 14.2 Å². The Balaban J connectivity index is 3.27. The van der Waals surface area contributed by atoms with Crippen LogP contribution in [0, 0.1) is 0 Å². The molecule has 0 radical (unpaired) electrons. The number of benzene rings is 1. The third-order valence-corrected chi connectivity index (χ3v) is 2.44. The molecule has 0 atom stereocenters. The van der Waals surface area contributed by atoms with E-state index in [0.717, 1.165) is 0 Å². The summed E-state index contributed by atoms with van der Waals surface area (Å²) < 4.78 is 15.4. The van der Waals surface area contributed by atoms with Crippen molar-refractivity contribution < 1.29 is 14.2 Å². The second-order valence-electron chi connectivity index (χ2n) is 2.75. The molecule has 0 heterocycles. The Morgan fingerprint density at radius 3 is 1.73 bits per heavy atom. The van der Waals surface area contributed by atoms with Crippen molar-refractivity contribution in [3.63, 3.8) is 0 Å². The fraction of sp³-hybridized carbons (Fsp3) is 0.400. The van der Waals surface area contributed by atoms with Gasteiger partial charge in [-0.25, -0.2) is 0 Å². The molecule has 3 nitrogen and oxygen atoms in total. The van der Waals surface area contributed by atoms with Gasteiger partial charge in [0.05, 0.1) is 21.3 Å². The molecule has 0 N–H and O–H groups in total. The minimum Gasteiger partial charge on any atom is -0.496 e. The average molecular weight is 251 g/mol. The van der Waals surface area contributed by atoms with Gasteiger partial charge in [-0.2, -0.15) is 0 Å². The molecule has 0 unspecified atom stereocenters. The topological polar surface area (TPSA) is 27.7 Å². The zero-order valence-electron chi connectivity index (χ0n) is 8.71. The van der Waals surface area contributed by atoms with Gasteiger partial charge in [0.2, 0.25) is 0 Å². The van der Waals surface area contributed by atoms with Crippen LogP contribution in [0.25, 0.3) is 0 Å². The fourth-order valence-electron chi connectivity index (χ4n) is 1.22. The van der Waals surface area contributed by atoms with Crippen LogP contribution < -0.4 is 14.2 Å². The quantitative estimate of drug-likeness (QED) is 0.769. The van der Waals surface area contributed by atoms with Crippen molar-refractivity contribution in [2.45, 2.75) is 4.84 Å². The molecular formula is C10H12Cl2O3. The van der Waals surface area contributed by atoms with E-state index in [0.29, 0.717) is 22.8 Å². The maximum atomic E-state index is 5.80. The number of hydrogen-bond acceptors (Lipinski definition) is 3. The molecule has 0 aliphatic heterocycles. The Bertz CT molecular complexity index is 340. The summed E-state index contributed by atoms with van der Waals surface area (Å²) in [5, 5.41) is 0. The molecule has 0 bridgehead atoms. The minimum atomic E-state index is -0.667. The lowest BCUT2D eigenvalue weighted by Crippen LogP contribution is -1.96. The van der Waals surface area contributed by atoms with Gasteiger partial charge in [-0.05, 0) is 6.07 Å². The van der Waals surface area contributed by atoms with Gasteiger partial charge in [0.1, 0.15) is 10.6 Å². The highest BCUT2D eigenvalue weighted by Gasteiger charge is 2.16. The van der Waals surface area contributed by atoms with Crippen LogP contribution >= 0.6 is 23.2 Å². The molecular weight excluding hydrogens is 239 g/mol. The van der Waals surface area contributed by atoms with Crippen molar-refractivity contribution in [1.29, 1.82) is 0 Å². The number of hydrogen-bond donors (Lipinski definition) is 0. The predicted octanol–water partition coefficient (Wildman–Crippen LogP) is 3.19. The summed E-state index contributed by atoms with van der Waals surface area (Å²) in [6.45, 7) is 0. The van der Waals surface area contributed by atoms with E-state index in [2.05, 4.69) is 0 Å². The molecule has 1 rings (SSSR count). The summed E-state index contributed by atoms with van der Waals surface area (Å²) >= 11 is 11.6. The first-order chi connectivity index (χ1) is 7.13. The second kappa shape index (κ2) is 5.33. The molecule has 84 valence electrons. The van der Waals surface area contributed by atoms with Crippen LogP contribution in [-0.2, 0) is 0 Å². The molecule has 0 saturated heterocycles. The van der Waals surface area contributed by atoms with Crippen molar-refractivity contribution in [2.75, 3.05) is 21.3 Å². The van der Waals surface area contributed by atoms with Crippen LogP contribution in [0.3, 0.4) is 0 Å². The third-order valence-electron chi connectivity index (χ3n) is 1.97. The molecule has 0 fully saturated rings. The summed E-state index contributed by atoms with van der Waals surface area (Å²) in [7, 11) is 4.64. The van der Waals surface area contributed by atoms with Gasteiger partial charge in [0.15, 0.2) is 11.5 Å². The lowest BCUT2D eigenvalue weighted by atomic mass is 10.2. The van der Waals surface area contributed by atoms with E-state index >= 15 is 0 Å². The van der Waals surface area contributed by atoms with E-state index in [1.54, 1.807) is 33.5 Å². The zero-order valence-corrected chi connectivity index (χ0v) is 10.2. The van der Waals surface area contributed by atoms with E-state index in [9.17, 15) is 0 Å². The lowest BCUT2D eigenvalue weighted by Gasteiger charge is -2.14. The highest BCUT2D eigenvalue weighted by Crippen LogP contribution is 2.40. The molecule has 1 aromatic rings.